The summed E-state index contributed by atoms with van der Waals surface area (Å²) in [6.45, 7) is 3.05. The van der Waals surface area contributed by atoms with Crippen LogP contribution in [0.25, 0.3) is 21.8 Å². The first-order valence-corrected chi connectivity index (χ1v) is 9.42. The van der Waals surface area contributed by atoms with Crippen LogP contribution in [0.1, 0.15) is 32.6 Å². The van der Waals surface area contributed by atoms with Crippen molar-refractivity contribution in [3.63, 3.8) is 0 Å². The van der Waals surface area contributed by atoms with E-state index in [0.29, 0.717) is 0 Å². The molecule has 26 heavy (non-hydrogen) atoms. The number of para-hydroxylation sites is 1. The highest BCUT2D eigenvalue weighted by Gasteiger charge is 2.20. The number of amides is 2. The Bertz CT molecular complexity index is 939. The van der Waals surface area contributed by atoms with Crippen molar-refractivity contribution >= 4 is 33.5 Å². The summed E-state index contributed by atoms with van der Waals surface area (Å²) in [5, 5.41) is 17.9. The SMILES string of the molecule is CCn1c2ccccc2c2cc(NC(=O)NC3CCC(O)CC3)ccc21. The molecule has 1 heterocycles. The van der Waals surface area contributed by atoms with Crippen molar-refractivity contribution in [2.24, 2.45) is 0 Å². The van der Waals surface area contributed by atoms with Gasteiger partial charge >= 0.3 is 6.03 Å². The van der Waals surface area contributed by atoms with Crippen molar-refractivity contribution in [1.82, 2.24) is 9.88 Å². The molecule has 0 radical (unpaired) electrons. The van der Waals surface area contributed by atoms with Crippen LogP contribution in [0.15, 0.2) is 42.5 Å². The lowest BCUT2D eigenvalue weighted by Crippen LogP contribution is -2.40. The molecule has 0 saturated heterocycles. The fourth-order valence-corrected chi connectivity index (χ4v) is 4.04. The Labute approximate surface area is 153 Å². The van der Waals surface area contributed by atoms with Gasteiger partial charge < -0.3 is 20.3 Å². The van der Waals surface area contributed by atoms with E-state index in [9.17, 15) is 9.90 Å². The number of carbonyl (C=O) groups is 1. The van der Waals surface area contributed by atoms with Crippen LogP contribution in [0.5, 0.6) is 0 Å². The number of fused-ring (bicyclic) bond motifs is 3. The average Bonchev–Trinajstić information content (AvgIpc) is 2.97. The molecule has 1 fully saturated rings. The minimum absolute atomic E-state index is 0.143. The average molecular weight is 351 g/mol. The molecule has 4 rings (SSSR count). The summed E-state index contributed by atoms with van der Waals surface area (Å²) in [5.41, 5.74) is 3.19. The lowest BCUT2D eigenvalue weighted by molar-refractivity contribution is 0.118. The summed E-state index contributed by atoms with van der Waals surface area (Å²) in [6.07, 6.45) is 2.96. The maximum Gasteiger partial charge on any atom is 0.319 e. The standard InChI is InChI=1S/C21H25N3O2/c1-2-24-19-6-4-3-5-17(19)18-13-15(9-12-20(18)24)23-21(26)22-14-7-10-16(25)11-8-14/h3-6,9,12-14,16,25H,2,7-8,10-11H2,1H3,(H2,22,23,26). The Balaban J connectivity index is 1.56. The number of anilines is 1. The molecule has 0 unspecified atom stereocenters. The van der Waals surface area contributed by atoms with Gasteiger partial charge in [-0.15, -0.1) is 0 Å². The second kappa shape index (κ2) is 7.00. The van der Waals surface area contributed by atoms with E-state index in [4.69, 9.17) is 0 Å². The van der Waals surface area contributed by atoms with Gasteiger partial charge in [-0.1, -0.05) is 18.2 Å². The van der Waals surface area contributed by atoms with Crippen LogP contribution >= 0.6 is 0 Å². The van der Waals surface area contributed by atoms with Crippen LogP contribution in [-0.4, -0.2) is 27.9 Å². The van der Waals surface area contributed by atoms with Gasteiger partial charge in [0.15, 0.2) is 0 Å². The number of aryl methyl sites for hydroxylation is 1. The van der Waals surface area contributed by atoms with Crippen LogP contribution in [0, 0.1) is 0 Å². The van der Waals surface area contributed by atoms with E-state index in [1.54, 1.807) is 0 Å². The van der Waals surface area contributed by atoms with Crippen molar-refractivity contribution in [2.45, 2.75) is 51.3 Å². The second-order valence-electron chi connectivity index (χ2n) is 7.10. The highest BCUT2D eigenvalue weighted by molar-refractivity contribution is 6.09. The van der Waals surface area contributed by atoms with Crippen LogP contribution in [0.4, 0.5) is 10.5 Å². The molecule has 5 nitrogen and oxygen atoms in total. The number of aliphatic hydroxyl groups excluding tert-OH is 1. The van der Waals surface area contributed by atoms with Crippen molar-refractivity contribution in [3.8, 4) is 0 Å². The highest BCUT2D eigenvalue weighted by atomic mass is 16.3. The van der Waals surface area contributed by atoms with Crippen LogP contribution in [-0.2, 0) is 6.54 Å². The lowest BCUT2D eigenvalue weighted by atomic mass is 9.93. The lowest BCUT2D eigenvalue weighted by Gasteiger charge is -2.26. The fourth-order valence-electron chi connectivity index (χ4n) is 4.04. The van der Waals surface area contributed by atoms with E-state index in [1.807, 2.05) is 18.2 Å². The molecule has 1 saturated carbocycles. The fraction of sp³-hybridized carbons (Fsp3) is 0.381. The number of aliphatic hydroxyl groups is 1. The number of hydrogen-bond donors (Lipinski definition) is 3. The van der Waals surface area contributed by atoms with Crippen molar-refractivity contribution in [1.29, 1.82) is 0 Å². The number of hydrogen-bond acceptors (Lipinski definition) is 2. The Morgan fingerprint density at radius 3 is 2.58 bits per heavy atom. The van der Waals surface area contributed by atoms with E-state index >= 15 is 0 Å². The monoisotopic (exact) mass is 351 g/mol. The summed E-state index contributed by atoms with van der Waals surface area (Å²) in [4.78, 5) is 12.3. The number of rotatable bonds is 3. The van der Waals surface area contributed by atoms with Gasteiger partial charge in [-0.3, -0.25) is 0 Å². The number of urea groups is 1. The van der Waals surface area contributed by atoms with E-state index in [-0.39, 0.29) is 18.2 Å². The first-order chi connectivity index (χ1) is 12.7. The zero-order chi connectivity index (χ0) is 18.1. The molecule has 136 valence electrons. The third kappa shape index (κ3) is 3.15. The number of nitrogens with zero attached hydrogens (tertiary/aromatic N) is 1. The maximum absolute atomic E-state index is 12.3. The largest absolute Gasteiger partial charge is 0.393 e. The van der Waals surface area contributed by atoms with E-state index < -0.39 is 0 Å². The Kier molecular flexibility index (Phi) is 4.55. The summed E-state index contributed by atoms with van der Waals surface area (Å²) in [7, 11) is 0. The Morgan fingerprint density at radius 1 is 1.08 bits per heavy atom. The van der Waals surface area contributed by atoms with Gasteiger partial charge in [-0.25, -0.2) is 4.79 Å². The first kappa shape index (κ1) is 16.9. The second-order valence-corrected chi connectivity index (χ2v) is 7.10. The van der Waals surface area contributed by atoms with Gasteiger partial charge in [0.05, 0.1) is 6.10 Å². The predicted molar refractivity (Wildman–Crippen MR) is 106 cm³/mol. The third-order valence-electron chi connectivity index (χ3n) is 5.38. The number of nitrogens with one attached hydrogen (secondary N) is 2. The van der Waals surface area contributed by atoms with Gasteiger partial charge in [-0.2, -0.15) is 0 Å². The molecule has 5 heteroatoms. The van der Waals surface area contributed by atoms with Crippen LogP contribution in [0.2, 0.25) is 0 Å². The first-order valence-electron chi connectivity index (χ1n) is 9.42. The van der Waals surface area contributed by atoms with Gasteiger partial charge in [-0.05, 0) is 56.9 Å². The topological polar surface area (TPSA) is 66.3 Å². The van der Waals surface area contributed by atoms with Gasteiger partial charge in [0.25, 0.3) is 0 Å². The molecule has 1 aromatic heterocycles. The van der Waals surface area contributed by atoms with Crippen molar-refractivity contribution in [3.05, 3.63) is 42.5 Å². The zero-order valence-electron chi connectivity index (χ0n) is 15.0. The molecule has 2 amide bonds. The summed E-state index contributed by atoms with van der Waals surface area (Å²) in [6, 6.07) is 14.4. The maximum atomic E-state index is 12.3. The minimum Gasteiger partial charge on any atom is -0.393 e. The summed E-state index contributed by atoms with van der Waals surface area (Å²) >= 11 is 0. The van der Waals surface area contributed by atoms with Gasteiger partial charge in [0.2, 0.25) is 0 Å². The third-order valence-corrected chi connectivity index (χ3v) is 5.38. The van der Waals surface area contributed by atoms with E-state index in [1.165, 1.54) is 16.4 Å². The zero-order valence-corrected chi connectivity index (χ0v) is 15.0. The molecule has 3 N–H and O–H groups in total. The molecular formula is C21H25N3O2. The van der Waals surface area contributed by atoms with Gasteiger partial charge in [0.1, 0.15) is 0 Å². The van der Waals surface area contributed by atoms with Crippen LogP contribution in [0.3, 0.4) is 0 Å². The summed E-state index contributed by atoms with van der Waals surface area (Å²) < 4.78 is 2.29. The number of carbonyl (C=O) groups excluding carboxylic acids is 1. The minimum atomic E-state index is -0.214. The van der Waals surface area contributed by atoms with Gasteiger partial charge in [0, 0.05) is 40.1 Å². The highest BCUT2D eigenvalue weighted by Crippen LogP contribution is 2.31. The molecule has 0 bridgehead atoms. The van der Waals surface area contributed by atoms with E-state index in [0.717, 1.165) is 43.3 Å². The molecule has 2 aromatic carbocycles. The van der Waals surface area contributed by atoms with Crippen LogP contribution < -0.4 is 10.6 Å². The number of aromatic nitrogens is 1. The molecule has 1 aliphatic carbocycles. The molecule has 0 atom stereocenters. The molecule has 0 aliphatic heterocycles. The molecule has 1 aliphatic rings. The summed E-state index contributed by atoms with van der Waals surface area (Å²) in [5.74, 6) is 0. The molecular weight excluding hydrogens is 326 g/mol. The predicted octanol–water partition coefficient (Wildman–Crippen LogP) is 4.24. The van der Waals surface area contributed by atoms with Crippen molar-refractivity contribution < 1.29 is 9.90 Å². The Morgan fingerprint density at radius 2 is 1.81 bits per heavy atom. The van der Waals surface area contributed by atoms with E-state index in [2.05, 4.69) is 46.4 Å². The number of benzene rings is 2. The smallest absolute Gasteiger partial charge is 0.319 e. The normalized spacial score (nSPS) is 20.4. The molecule has 3 aromatic rings. The molecule has 0 spiro atoms. The quantitative estimate of drug-likeness (QED) is 0.661. The van der Waals surface area contributed by atoms with Crippen molar-refractivity contribution in [2.75, 3.05) is 5.32 Å². The Hall–Kier alpha value is -2.53.